The van der Waals surface area contributed by atoms with Crippen molar-refractivity contribution in [3.05, 3.63) is 48.3 Å². The normalized spacial score (nSPS) is 20.0. The van der Waals surface area contributed by atoms with Crippen LogP contribution >= 0.6 is 0 Å². The Hall–Kier alpha value is -2.60. The highest BCUT2D eigenvalue weighted by Crippen LogP contribution is 2.25. The number of carboxylic acid groups (broad SMARTS) is 1. The third kappa shape index (κ3) is 4.48. The summed E-state index contributed by atoms with van der Waals surface area (Å²) in [5.74, 6) is 0.759. The van der Waals surface area contributed by atoms with Gasteiger partial charge in [0.15, 0.2) is 0 Å². The maximum atomic E-state index is 10.9. The predicted molar refractivity (Wildman–Crippen MR) is 93.8 cm³/mol. The molecule has 1 aliphatic heterocycles. The maximum absolute atomic E-state index is 10.9. The van der Waals surface area contributed by atoms with E-state index in [1.807, 2.05) is 43.3 Å². The predicted octanol–water partition coefficient (Wildman–Crippen LogP) is 3.11. The molecule has 6 nitrogen and oxygen atoms in total. The van der Waals surface area contributed by atoms with Crippen LogP contribution in [0.4, 0.5) is 4.79 Å². The van der Waals surface area contributed by atoms with Gasteiger partial charge in [0.25, 0.3) is 0 Å². The lowest BCUT2D eigenvalue weighted by molar-refractivity contribution is 0.0140. The first-order valence-electron chi connectivity index (χ1n) is 8.35. The number of nitrogens with one attached hydrogen (secondary N) is 1. The van der Waals surface area contributed by atoms with Gasteiger partial charge in [-0.15, -0.1) is 0 Å². The molecule has 2 aromatic rings. The minimum Gasteiger partial charge on any atom is -0.493 e. The van der Waals surface area contributed by atoms with Gasteiger partial charge < -0.3 is 19.9 Å². The van der Waals surface area contributed by atoms with Crippen LogP contribution in [-0.2, 0) is 4.74 Å². The van der Waals surface area contributed by atoms with Crippen molar-refractivity contribution in [1.82, 2.24) is 10.3 Å². The van der Waals surface area contributed by atoms with Crippen molar-refractivity contribution >= 4 is 6.09 Å². The van der Waals surface area contributed by atoms with Crippen molar-refractivity contribution in [3.63, 3.8) is 0 Å². The molecule has 2 atom stereocenters. The van der Waals surface area contributed by atoms with E-state index in [9.17, 15) is 4.79 Å². The first-order chi connectivity index (χ1) is 12.1. The second-order valence-corrected chi connectivity index (χ2v) is 6.15. The Bertz CT molecular complexity index is 718. The number of nitrogens with zero attached hydrogens (tertiary/aromatic N) is 1. The van der Waals surface area contributed by atoms with Gasteiger partial charge in [-0.1, -0.05) is 18.2 Å². The molecule has 3 rings (SSSR count). The van der Waals surface area contributed by atoms with E-state index in [0.29, 0.717) is 26.2 Å². The second-order valence-electron chi connectivity index (χ2n) is 6.15. The van der Waals surface area contributed by atoms with Gasteiger partial charge in [0, 0.05) is 36.0 Å². The average molecular weight is 342 g/mol. The van der Waals surface area contributed by atoms with E-state index < -0.39 is 6.09 Å². The van der Waals surface area contributed by atoms with Crippen molar-refractivity contribution in [2.75, 3.05) is 19.8 Å². The summed E-state index contributed by atoms with van der Waals surface area (Å²) in [7, 11) is 0. The van der Waals surface area contributed by atoms with Crippen LogP contribution in [0.3, 0.4) is 0 Å². The lowest BCUT2D eigenvalue weighted by Gasteiger charge is -2.31. The van der Waals surface area contributed by atoms with E-state index in [1.54, 1.807) is 6.20 Å². The van der Waals surface area contributed by atoms with E-state index >= 15 is 0 Å². The number of hydrogen-bond acceptors (Lipinski definition) is 4. The first kappa shape index (κ1) is 17.2. The molecule has 1 saturated heterocycles. The molecule has 0 spiro atoms. The first-order valence-corrected chi connectivity index (χ1v) is 8.35. The molecule has 2 N–H and O–H groups in total. The number of rotatable bonds is 5. The summed E-state index contributed by atoms with van der Waals surface area (Å²) in [6.45, 7) is 3.47. The molecule has 1 aliphatic rings. The standard InChI is InChI=1S/C19H22N2O4/c1-13-17(3-2-9-20-13)14-4-6-16(7-5-14)25-12-15-11-24-10-8-18(15)21-19(22)23/h2-7,9,15,18,21H,8,10-12H2,1H3,(H,22,23)/t15-,18-/m1/s1. The van der Waals surface area contributed by atoms with Gasteiger partial charge in [-0.25, -0.2) is 4.79 Å². The molecule has 6 heteroatoms. The average Bonchev–Trinajstić information content (AvgIpc) is 2.61. The van der Waals surface area contributed by atoms with Gasteiger partial charge in [-0.05, 0) is 37.1 Å². The number of benzene rings is 1. The van der Waals surface area contributed by atoms with Gasteiger partial charge in [0.1, 0.15) is 5.75 Å². The van der Waals surface area contributed by atoms with Crippen LogP contribution in [0.15, 0.2) is 42.6 Å². The molecule has 0 aliphatic carbocycles. The largest absolute Gasteiger partial charge is 0.493 e. The van der Waals surface area contributed by atoms with Gasteiger partial charge in [-0.2, -0.15) is 0 Å². The monoisotopic (exact) mass is 342 g/mol. The lowest BCUT2D eigenvalue weighted by atomic mass is 9.97. The fourth-order valence-corrected chi connectivity index (χ4v) is 3.03. The molecule has 25 heavy (non-hydrogen) atoms. The number of ether oxygens (including phenoxy) is 2. The third-order valence-corrected chi connectivity index (χ3v) is 4.42. The molecule has 1 aromatic carbocycles. The van der Waals surface area contributed by atoms with E-state index in [2.05, 4.69) is 10.3 Å². The van der Waals surface area contributed by atoms with Crippen molar-refractivity contribution in [3.8, 4) is 16.9 Å². The number of hydrogen-bond donors (Lipinski definition) is 2. The highest BCUT2D eigenvalue weighted by molar-refractivity contribution is 5.66. The topological polar surface area (TPSA) is 80.7 Å². The van der Waals surface area contributed by atoms with Gasteiger partial charge in [-0.3, -0.25) is 4.98 Å². The zero-order valence-corrected chi connectivity index (χ0v) is 14.1. The summed E-state index contributed by atoms with van der Waals surface area (Å²) in [6.07, 6.45) is 1.44. The molecule has 0 unspecified atom stereocenters. The highest BCUT2D eigenvalue weighted by Gasteiger charge is 2.27. The van der Waals surface area contributed by atoms with E-state index in [4.69, 9.17) is 14.6 Å². The van der Waals surface area contributed by atoms with E-state index in [-0.39, 0.29) is 12.0 Å². The molecule has 1 fully saturated rings. The van der Waals surface area contributed by atoms with Crippen molar-refractivity contribution < 1.29 is 19.4 Å². The summed E-state index contributed by atoms with van der Waals surface area (Å²) < 4.78 is 11.3. The van der Waals surface area contributed by atoms with Crippen LogP contribution < -0.4 is 10.1 Å². The molecule has 1 aromatic heterocycles. The minimum atomic E-state index is -1.01. The molecule has 132 valence electrons. The Balaban J connectivity index is 1.61. The van der Waals surface area contributed by atoms with Gasteiger partial charge in [0.05, 0.1) is 13.2 Å². The molecular weight excluding hydrogens is 320 g/mol. The summed E-state index contributed by atoms with van der Waals surface area (Å²) in [6, 6.07) is 11.7. The number of pyridine rings is 1. The van der Waals surface area contributed by atoms with Gasteiger partial charge >= 0.3 is 6.09 Å². The van der Waals surface area contributed by atoms with Crippen molar-refractivity contribution in [2.45, 2.75) is 19.4 Å². The molecule has 0 radical (unpaired) electrons. The Morgan fingerprint density at radius 2 is 2.16 bits per heavy atom. The molecule has 2 heterocycles. The van der Waals surface area contributed by atoms with Crippen LogP contribution in [0.1, 0.15) is 12.1 Å². The van der Waals surface area contributed by atoms with Crippen LogP contribution in [-0.4, -0.2) is 42.0 Å². The van der Waals surface area contributed by atoms with Crippen LogP contribution in [0.5, 0.6) is 5.75 Å². The number of carbonyl (C=O) groups is 1. The molecule has 0 bridgehead atoms. The molecule has 0 saturated carbocycles. The number of aromatic nitrogens is 1. The van der Waals surface area contributed by atoms with E-state index in [1.165, 1.54) is 0 Å². The smallest absolute Gasteiger partial charge is 0.404 e. The Kier molecular flexibility index (Phi) is 5.50. The second kappa shape index (κ2) is 7.98. The maximum Gasteiger partial charge on any atom is 0.404 e. The lowest BCUT2D eigenvalue weighted by Crippen LogP contribution is -2.47. The Morgan fingerprint density at radius 1 is 1.36 bits per heavy atom. The summed E-state index contributed by atoms with van der Waals surface area (Å²) in [5, 5.41) is 11.5. The quantitative estimate of drug-likeness (QED) is 0.873. The summed E-state index contributed by atoms with van der Waals surface area (Å²) in [4.78, 5) is 15.2. The number of amides is 1. The summed E-state index contributed by atoms with van der Waals surface area (Å²) in [5.41, 5.74) is 3.17. The van der Waals surface area contributed by atoms with Crippen LogP contribution in [0.2, 0.25) is 0 Å². The number of aryl methyl sites for hydroxylation is 1. The van der Waals surface area contributed by atoms with Crippen molar-refractivity contribution in [2.24, 2.45) is 5.92 Å². The zero-order chi connectivity index (χ0) is 17.6. The van der Waals surface area contributed by atoms with Crippen LogP contribution in [0.25, 0.3) is 11.1 Å². The molecular formula is C19H22N2O4. The fourth-order valence-electron chi connectivity index (χ4n) is 3.03. The zero-order valence-electron chi connectivity index (χ0n) is 14.1. The van der Waals surface area contributed by atoms with Crippen LogP contribution in [0, 0.1) is 12.8 Å². The fraction of sp³-hybridized carbons (Fsp3) is 0.368. The summed E-state index contributed by atoms with van der Waals surface area (Å²) >= 11 is 0. The minimum absolute atomic E-state index is 0.00472. The Morgan fingerprint density at radius 3 is 2.88 bits per heavy atom. The third-order valence-electron chi connectivity index (χ3n) is 4.42. The SMILES string of the molecule is Cc1ncccc1-c1ccc(OC[C@H]2COCC[C@H]2NC(=O)O)cc1. The Labute approximate surface area is 146 Å². The highest BCUT2D eigenvalue weighted by atomic mass is 16.5. The van der Waals surface area contributed by atoms with Gasteiger partial charge in [0.2, 0.25) is 0 Å². The molecule has 1 amide bonds. The van der Waals surface area contributed by atoms with E-state index in [0.717, 1.165) is 22.6 Å². The van der Waals surface area contributed by atoms with Crippen molar-refractivity contribution in [1.29, 1.82) is 0 Å².